The minimum atomic E-state index is -0.0923. The van der Waals surface area contributed by atoms with Crippen molar-refractivity contribution in [3.63, 3.8) is 0 Å². The number of nitrogens with zero attached hydrogens (tertiary/aromatic N) is 2. The monoisotopic (exact) mass is 215 g/mol. The number of halogens is 1. The van der Waals surface area contributed by atoms with Gasteiger partial charge in [-0.3, -0.25) is 0 Å². The lowest BCUT2D eigenvalue weighted by molar-refractivity contribution is 0.411. The van der Waals surface area contributed by atoms with Gasteiger partial charge in [0.15, 0.2) is 16.7 Å². The summed E-state index contributed by atoms with van der Waals surface area (Å²) in [7, 11) is 1.54. The molecular formula is C9H14ClN3O. The Kier molecular flexibility index (Phi) is 3.16. The van der Waals surface area contributed by atoms with Crippen molar-refractivity contribution in [1.82, 2.24) is 9.97 Å². The molecule has 78 valence electrons. The standard InChI is InChI=1S/C9H14ClN3O/c1-9(2,3)13-8-6(14-4)7(10)11-5-12-8/h5H,1-4H3,(H,11,12,13). The van der Waals surface area contributed by atoms with E-state index in [1.807, 2.05) is 20.8 Å². The minimum absolute atomic E-state index is 0.0923. The fourth-order valence-corrected chi connectivity index (χ4v) is 1.19. The summed E-state index contributed by atoms with van der Waals surface area (Å²) in [6, 6.07) is 0. The molecule has 4 nitrogen and oxygen atoms in total. The molecule has 0 unspecified atom stereocenters. The zero-order chi connectivity index (χ0) is 10.8. The molecule has 0 spiro atoms. The van der Waals surface area contributed by atoms with Crippen molar-refractivity contribution < 1.29 is 4.74 Å². The Morgan fingerprint density at radius 1 is 1.36 bits per heavy atom. The van der Waals surface area contributed by atoms with Gasteiger partial charge in [-0.1, -0.05) is 11.6 Å². The van der Waals surface area contributed by atoms with E-state index in [0.717, 1.165) is 0 Å². The molecule has 1 aromatic heterocycles. The smallest absolute Gasteiger partial charge is 0.198 e. The Labute approximate surface area is 88.7 Å². The highest BCUT2D eigenvalue weighted by atomic mass is 35.5. The molecule has 5 heteroatoms. The first-order chi connectivity index (χ1) is 6.44. The molecule has 0 atom stereocenters. The molecule has 0 bridgehead atoms. The highest BCUT2D eigenvalue weighted by molar-refractivity contribution is 6.31. The van der Waals surface area contributed by atoms with Gasteiger partial charge < -0.3 is 10.1 Å². The Morgan fingerprint density at radius 2 is 2.00 bits per heavy atom. The van der Waals surface area contributed by atoms with E-state index in [-0.39, 0.29) is 5.54 Å². The van der Waals surface area contributed by atoms with Crippen LogP contribution in [0.5, 0.6) is 5.75 Å². The third kappa shape index (κ3) is 2.73. The van der Waals surface area contributed by atoms with Crippen LogP contribution >= 0.6 is 11.6 Å². The quantitative estimate of drug-likeness (QED) is 0.770. The zero-order valence-electron chi connectivity index (χ0n) is 8.76. The minimum Gasteiger partial charge on any atom is -0.490 e. The van der Waals surface area contributed by atoms with Crippen LogP contribution in [0.15, 0.2) is 6.33 Å². The molecule has 1 N–H and O–H groups in total. The van der Waals surface area contributed by atoms with Crippen LogP contribution in [0.4, 0.5) is 5.82 Å². The molecule has 1 rings (SSSR count). The normalized spacial score (nSPS) is 11.2. The number of nitrogens with one attached hydrogen (secondary N) is 1. The summed E-state index contributed by atoms with van der Waals surface area (Å²) >= 11 is 5.84. The first kappa shape index (κ1) is 11.0. The number of rotatable bonds is 2. The largest absolute Gasteiger partial charge is 0.490 e. The molecule has 0 amide bonds. The Hall–Kier alpha value is -1.03. The lowest BCUT2D eigenvalue weighted by atomic mass is 10.1. The van der Waals surface area contributed by atoms with Crippen LogP contribution in [0, 0.1) is 0 Å². The van der Waals surface area contributed by atoms with Gasteiger partial charge in [-0.2, -0.15) is 0 Å². The van der Waals surface area contributed by atoms with Gasteiger partial charge in [-0.05, 0) is 20.8 Å². The van der Waals surface area contributed by atoms with E-state index in [1.165, 1.54) is 6.33 Å². The number of hydrogen-bond donors (Lipinski definition) is 1. The molecule has 0 radical (unpaired) electrons. The van der Waals surface area contributed by atoms with E-state index in [4.69, 9.17) is 16.3 Å². The maximum Gasteiger partial charge on any atom is 0.198 e. The summed E-state index contributed by atoms with van der Waals surface area (Å²) in [5.74, 6) is 1.09. The van der Waals surface area contributed by atoms with Crippen molar-refractivity contribution in [2.24, 2.45) is 0 Å². The Morgan fingerprint density at radius 3 is 2.50 bits per heavy atom. The summed E-state index contributed by atoms with van der Waals surface area (Å²) in [6.45, 7) is 6.09. The van der Waals surface area contributed by atoms with Gasteiger partial charge in [0, 0.05) is 5.54 Å². The van der Waals surface area contributed by atoms with Crippen LogP contribution in [-0.2, 0) is 0 Å². The van der Waals surface area contributed by atoms with E-state index >= 15 is 0 Å². The van der Waals surface area contributed by atoms with E-state index in [1.54, 1.807) is 7.11 Å². The van der Waals surface area contributed by atoms with Crippen molar-refractivity contribution in [1.29, 1.82) is 0 Å². The summed E-state index contributed by atoms with van der Waals surface area (Å²) in [5.41, 5.74) is -0.0923. The lowest BCUT2D eigenvalue weighted by Crippen LogP contribution is -2.27. The number of ether oxygens (including phenoxy) is 1. The SMILES string of the molecule is COc1c(Cl)ncnc1NC(C)(C)C. The van der Waals surface area contributed by atoms with Crippen LogP contribution < -0.4 is 10.1 Å². The molecule has 1 heterocycles. The van der Waals surface area contributed by atoms with E-state index < -0.39 is 0 Å². The predicted molar refractivity (Wildman–Crippen MR) is 57.0 cm³/mol. The molecule has 0 saturated carbocycles. The number of hydrogen-bond acceptors (Lipinski definition) is 4. The van der Waals surface area contributed by atoms with Gasteiger partial charge in [-0.25, -0.2) is 9.97 Å². The predicted octanol–water partition coefficient (Wildman–Crippen LogP) is 2.35. The van der Waals surface area contributed by atoms with Crippen LogP contribution in [0.3, 0.4) is 0 Å². The van der Waals surface area contributed by atoms with Crippen LogP contribution in [0.1, 0.15) is 20.8 Å². The van der Waals surface area contributed by atoms with Gasteiger partial charge in [0.05, 0.1) is 7.11 Å². The summed E-state index contributed by atoms with van der Waals surface area (Å²) < 4.78 is 5.10. The topological polar surface area (TPSA) is 47.0 Å². The van der Waals surface area contributed by atoms with Gasteiger partial charge >= 0.3 is 0 Å². The fraction of sp³-hybridized carbons (Fsp3) is 0.556. The highest BCUT2D eigenvalue weighted by Crippen LogP contribution is 2.29. The van der Waals surface area contributed by atoms with Crippen LogP contribution in [0.25, 0.3) is 0 Å². The second kappa shape index (κ2) is 4.00. The molecule has 0 fully saturated rings. The average Bonchev–Trinajstić information content (AvgIpc) is 2.01. The summed E-state index contributed by atoms with van der Waals surface area (Å²) in [4.78, 5) is 7.89. The van der Waals surface area contributed by atoms with Crippen molar-refractivity contribution in [3.05, 3.63) is 11.5 Å². The molecule has 14 heavy (non-hydrogen) atoms. The van der Waals surface area contributed by atoms with Crippen molar-refractivity contribution in [2.45, 2.75) is 26.3 Å². The van der Waals surface area contributed by atoms with Gasteiger partial charge in [0.1, 0.15) is 6.33 Å². The first-order valence-corrected chi connectivity index (χ1v) is 4.64. The number of aromatic nitrogens is 2. The van der Waals surface area contributed by atoms with Gasteiger partial charge in [0.25, 0.3) is 0 Å². The van der Waals surface area contributed by atoms with Crippen LogP contribution in [0.2, 0.25) is 5.15 Å². The molecule has 1 aromatic rings. The summed E-state index contributed by atoms with van der Waals surface area (Å²) in [5, 5.41) is 3.50. The molecule has 0 aliphatic rings. The average molecular weight is 216 g/mol. The van der Waals surface area contributed by atoms with E-state index in [9.17, 15) is 0 Å². The third-order valence-corrected chi connectivity index (χ3v) is 1.73. The number of anilines is 1. The molecule has 0 aromatic carbocycles. The van der Waals surface area contributed by atoms with E-state index in [2.05, 4.69) is 15.3 Å². The maximum absolute atomic E-state index is 5.84. The zero-order valence-corrected chi connectivity index (χ0v) is 9.51. The first-order valence-electron chi connectivity index (χ1n) is 4.26. The molecule has 0 saturated heterocycles. The molecule has 0 aliphatic carbocycles. The number of methoxy groups -OCH3 is 1. The second-order valence-electron chi connectivity index (χ2n) is 3.92. The van der Waals surface area contributed by atoms with Crippen molar-refractivity contribution in [2.75, 3.05) is 12.4 Å². The Balaban J connectivity index is 3.02. The summed E-state index contributed by atoms with van der Waals surface area (Å²) in [6.07, 6.45) is 1.40. The second-order valence-corrected chi connectivity index (χ2v) is 4.28. The van der Waals surface area contributed by atoms with Gasteiger partial charge in [0.2, 0.25) is 0 Å². The van der Waals surface area contributed by atoms with Crippen LogP contribution in [-0.4, -0.2) is 22.6 Å². The van der Waals surface area contributed by atoms with Gasteiger partial charge in [-0.15, -0.1) is 0 Å². The molecular weight excluding hydrogens is 202 g/mol. The highest BCUT2D eigenvalue weighted by Gasteiger charge is 2.16. The third-order valence-electron chi connectivity index (χ3n) is 1.46. The van der Waals surface area contributed by atoms with Crippen molar-refractivity contribution in [3.8, 4) is 5.75 Å². The Bertz CT molecular complexity index is 322. The van der Waals surface area contributed by atoms with E-state index in [0.29, 0.717) is 16.7 Å². The van der Waals surface area contributed by atoms with Crippen molar-refractivity contribution >= 4 is 17.4 Å². The maximum atomic E-state index is 5.84. The molecule has 0 aliphatic heterocycles. The lowest BCUT2D eigenvalue weighted by Gasteiger charge is -2.22. The fourth-order valence-electron chi connectivity index (χ4n) is 0.977.